The average molecular weight is 382 g/mol. The fraction of sp³-hybridized carbons (Fsp3) is 0.667. The van der Waals surface area contributed by atoms with Gasteiger partial charge in [0.25, 0.3) is 0 Å². The van der Waals surface area contributed by atoms with Crippen LogP contribution in [0.4, 0.5) is 4.79 Å². The van der Waals surface area contributed by atoms with E-state index >= 15 is 0 Å². The lowest BCUT2D eigenvalue weighted by molar-refractivity contribution is 0.106. The minimum absolute atomic E-state index is 0.0146. The number of hydrazone groups is 1. The van der Waals surface area contributed by atoms with E-state index in [9.17, 15) is 4.79 Å². The van der Waals surface area contributed by atoms with Crippen molar-refractivity contribution < 1.29 is 4.79 Å². The summed E-state index contributed by atoms with van der Waals surface area (Å²) in [5.74, 6) is 0.948. The van der Waals surface area contributed by atoms with E-state index in [1.54, 1.807) is 5.01 Å². The van der Waals surface area contributed by atoms with Crippen LogP contribution in [0.15, 0.2) is 35.4 Å². The minimum atomic E-state index is -0.0146. The fourth-order valence-electron chi connectivity index (χ4n) is 6.10. The van der Waals surface area contributed by atoms with E-state index in [1.165, 1.54) is 24.8 Å². The van der Waals surface area contributed by atoms with Gasteiger partial charge in [0.1, 0.15) is 0 Å². The molecule has 4 atom stereocenters. The van der Waals surface area contributed by atoms with Crippen LogP contribution in [0.2, 0.25) is 0 Å². The highest BCUT2D eigenvalue weighted by Crippen LogP contribution is 2.62. The van der Waals surface area contributed by atoms with Crippen molar-refractivity contribution >= 4 is 11.7 Å². The summed E-state index contributed by atoms with van der Waals surface area (Å²) in [6.45, 7) is 9.89. The molecule has 28 heavy (non-hydrogen) atoms. The second-order valence-electron chi connectivity index (χ2n) is 10.0. The number of rotatable bonds is 5. The van der Waals surface area contributed by atoms with E-state index in [0.717, 1.165) is 30.9 Å². The van der Waals surface area contributed by atoms with Gasteiger partial charge in [-0.2, -0.15) is 5.10 Å². The number of urea groups is 1. The molecule has 2 fully saturated rings. The zero-order valence-electron chi connectivity index (χ0n) is 17.9. The number of carbonyl (C=O) groups is 1. The largest absolute Gasteiger partial charge is 0.338 e. The van der Waals surface area contributed by atoms with Crippen LogP contribution in [0.5, 0.6) is 0 Å². The van der Waals surface area contributed by atoms with Crippen LogP contribution < -0.4 is 5.32 Å². The predicted octanol–water partition coefficient (Wildman–Crippen LogP) is 5.56. The van der Waals surface area contributed by atoms with Crippen molar-refractivity contribution in [1.82, 2.24) is 10.3 Å². The van der Waals surface area contributed by atoms with Crippen molar-refractivity contribution in [3.05, 3.63) is 35.9 Å². The molecule has 152 valence electrons. The molecule has 2 unspecified atom stereocenters. The number of benzene rings is 1. The molecule has 3 aliphatic rings. The summed E-state index contributed by atoms with van der Waals surface area (Å²) in [5.41, 5.74) is 2.81. The first-order chi connectivity index (χ1) is 13.3. The van der Waals surface area contributed by atoms with Crippen molar-refractivity contribution in [2.45, 2.75) is 78.2 Å². The molecule has 0 radical (unpaired) electrons. The average Bonchev–Trinajstić information content (AvgIpc) is 3.33. The number of hydrogen-bond donors (Lipinski definition) is 1. The van der Waals surface area contributed by atoms with Crippen molar-refractivity contribution in [2.75, 3.05) is 6.54 Å². The molecule has 0 saturated heterocycles. The maximum absolute atomic E-state index is 13.2. The second kappa shape index (κ2) is 7.20. The van der Waals surface area contributed by atoms with Gasteiger partial charge in [0.15, 0.2) is 0 Å². The smallest absolute Gasteiger partial charge is 0.333 e. The predicted molar refractivity (Wildman–Crippen MR) is 114 cm³/mol. The SMILES string of the molecule is CCCCC1=NN(C(=O)NC2C(C)(C)[C@@H]3CC[C@]2(C)C3)CC1c1ccccc1. The Labute approximate surface area is 169 Å². The van der Waals surface area contributed by atoms with Gasteiger partial charge in [-0.05, 0) is 54.4 Å². The molecule has 2 aliphatic carbocycles. The number of nitrogens with zero attached hydrogens (tertiary/aromatic N) is 2. The number of unbranched alkanes of at least 4 members (excludes halogenated alkanes) is 1. The first-order valence-corrected chi connectivity index (χ1v) is 11.1. The topological polar surface area (TPSA) is 44.7 Å². The van der Waals surface area contributed by atoms with Gasteiger partial charge >= 0.3 is 6.03 Å². The van der Waals surface area contributed by atoms with E-state index in [1.807, 2.05) is 6.07 Å². The Bertz CT molecular complexity index is 752. The number of fused-ring (bicyclic) bond motifs is 2. The molecule has 1 heterocycles. The van der Waals surface area contributed by atoms with Gasteiger partial charge in [0, 0.05) is 17.7 Å². The van der Waals surface area contributed by atoms with Crippen LogP contribution in [-0.2, 0) is 0 Å². The molecule has 2 bridgehead atoms. The Kier molecular flexibility index (Phi) is 5.01. The summed E-state index contributed by atoms with van der Waals surface area (Å²) in [6, 6.07) is 10.7. The number of nitrogens with one attached hydrogen (secondary N) is 1. The van der Waals surface area contributed by atoms with Crippen LogP contribution in [0.3, 0.4) is 0 Å². The highest BCUT2D eigenvalue weighted by molar-refractivity contribution is 5.94. The molecular formula is C24H35N3O. The van der Waals surface area contributed by atoms with E-state index < -0.39 is 0 Å². The highest BCUT2D eigenvalue weighted by atomic mass is 16.2. The number of carbonyl (C=O) groups excluding carboxylic acids is 1. The lowest BCUT2D eigenvalue weighted by Gasteiger charge is -2.43. The third kappa shape index (κ3) is 3.25. The quantitative estimate of drug-likeness (QED) is 0.713. The van der Waals surface area contributed by atoms with Gasteiger partial charge in [-0.25, -0.2) is 9.80 Å². The van der Waals surface area contributed by atoms with Crippen LogP contribution in [0.25, 0.3) is 0 Å². The molecule has 1 aromatic rings. The number of amides is 2. The van der Waals surface area contributed by atoms with Gasteiger partial charge in [0.05, 0.1) is 6.54 Å². The maximum Gasteiger partial charge on any atom is 0.338 e. The lowest BCUT2D eigenvalue weighted by atomic mass is 9.68. The zero-order chi connectivity index (χ0) is 19.9. The Morgan fingerprint density at radius 2 is 2.00 bits per heavy atom. The third-order valence-electron chi connectivity index (χ3n) is 7.77. The standard InChI is InChI=1S/C24H35N3O/c1-5-6-12-20-19(17-10-8-7-9-11-17)16-27(26-20)22(28)25-21-23(2,3)18-13-14-24(21,4)15-18/h7-11,18-19,21H,5-6,12-16H2,1-4H3,(H,25,28)/t18-,19?,21?,24-/m1/s1. The lowest BCUT2D eigenvalue weighted by Crippen LogP contribution is -2.54. The Morgan fingerprint density at radius 3 is 2.64 bits per heavy atom. The normalized spacial score (nSPS) is 33.2. The Balaban J connectivity index is 1.51. The summed E-state index contributed by atoms with van der Waals surface area (Å²) < 4.78 is 0. The molecule has 4 heteroatoms. The van der Waals surface area contributed by atoms with Crippen molar-refractivity contribution in [3.63, 3.8) is 0 Å². The number of hydrogen-bond acceptors (Lipinski definition) is 2. The van der Waals surface area contributed by atoms with Crippen LogP contribution >= 0.6 is 0 Å². The van der Waals surface area contributed by atoms with Gasteiger partial charge in [0.2, 0.25) is 0 Å². The summed E-state index contributed by atoms with van der Waals surface area (Å²) in [5, 5.41) is 9.91. The van der Waals surface area contributed by atoms with Gasteiger partial charge in [-0.1, -0.05) is 64.4 Å². The molecule has 4 rings (SSSR count). The van der Waals surface area contributed by atoms with Crippen molar-refractivity contribution in [3.8, 4) is 0 Å². The summed E-state index contributed by atoms with van der Waals surface area (Å²) >= 11 is 0. The highest BCUT2D eigenvalue weighted by Gasteiger charge is 2.60. The zero-order valence-corrected chi connectivity index (χ0v) is 17.9. The molecule has 1 aromatic carbocycles. The van der Waals surface area contributed by atoms with Crippen LogP contribution in [0.1, 0.15) is 77.7 Å². The fourth-order valence-corrected chi connectivity index (χ4v) is 6.10. The first kappa shape index (κ1) is 19.5. The van der Waals surface area contributed by atoms with Gasteiger partial charge < -0.3 is 5.32 Å². The van der Waals surface area contributed by atoms with E-state index in [0.29, 0.717) is 6.54 Å². The Hall–Kier alpha value is -1.84. The maximum atomic E-state index is 13.2. The molecule has 4 nitrogen and oxygen atoms in total. The summed E-state index contributed by atoms with van der Waals surface area (Å²) in [7, 11) is 0. The van der Waals surface area contributed by atoms with Gasteiger partial charge in [-0.15, -0.1) is 0 Å². The van der Waals surface area contributed by atoms with E-state index in [4.69, 9.17) is 5.10 Å². The monoisotopic (exact) mass is 381 g/mol. The molecule has 0 spiro atoms. The van der Waals surface area contributed by atoms with Crippen LogP contribution in [0, 0.1) is 16.7 Å². The van der Waals surface area contributed by atoms with Gasteiger partial charge in [-0.3, -0.25) is 0 Å². The van der Waals surface area contributed by atoms with Crippen molar-refractivity contribution in [2.24, 2.45) is 21.8 Å². The first-order valence-electron chi connectivity index (χ1n) is 11.1. The molecule has 1 N–H and O–H groups in total. The van der Waals surface area contributed by atoms with E-state index in [2.05, 4.69) is 57.3 Å². The third-order valence-corrected chi connectivity index (χ3v) is 7.77. The minimum Gasteiger partial charge on any atom is -0.333 e. The molecular weight excluding hydrogens is 346 g/mol. The summed E-state index contributed by atoms with van der Waals surface area (Å²) in [4.78, 5) is 13.2. The second-order valence-corrected chi connectivity index (χ2v) is 10.0. The van der Waals surface area contributed by atoms with Crippen LogP contribution in [-0.4, -0.2) is 29.3 Å². The molecule has 0 aromatic heterocycles. The summed E-state index contributed by atoms with van der Waals surface area (Å²) in [6.07, 6.45) is 6.99. The van der Waals surface area contributed by atoms with Crippen molar-refractivity contribution in [1.29, 1.82) is 0 Å². The van der Waals surface area contributed by atoms with E-state index in [-0.39, 0.29) is 28.8 Å². The molecule has 2 amide bonds. The Morgan fingerprint density at radius 1 is 1.25 bits per heavy atom. The molecule has 2 saturated carbocycles. The molecule has 1 aliphatic heterocycles.